The number of methoxy groups -OCH3 is 1. The average molecular weight is 456 g/mol. The molecule has 8 heteroatoms. The van der Waals surface area contributed by atoms with Crippen LogP contribution in [0.1, 0.15) is 46.4 Å². The molecule has 0 unspecified atom stereocenters. The predicted octanol–water partition coefficient (Wildman–Crippen LogP) is 3.85. The van der Waals surface area contributed by atoms with Gasteiger partial charge in [-0.25, -0.2) is 0 Å². The molecule has 7 nitrogen and oxygen atoms in total. The van der Waals surface area contributed by atoms with Gasteiger partial charge < -0.3 is 19.7 Å². The number of ether oxygens (including phenoxy) is 2. The number of hydrogen-bond acceptors (Lipinski definition) is 5. The van der Waals surface area contributed by atoms with Crippen molar-refractivity contribution in [3.8, 4) is 5.75 Å². The van der Waals surface area contributed by atoms with Crippen LogP contribution in [0.25, 0.3) is 0 Å². The molecule has 0 saturated carbocycles. The minimum absolute atomic E-state index is 0.0202. The summed E-state index contributed by atoms with van der Waals surface area (Å²) in [4.78, 5) is 27.5. The molecule has 0 atom stereocenters. The van der Waals surface area contributed by atoms with Gasteiger partial charge in [0.25, 0.3) is 11.8 Å². The lowest BCUT2D eigenvalue weighted by Crippen LogP contribution is -2.36. The van der Waals surface area contributed by atoms with Crippen molar-refractivity contribution in [2.24, 2.45) is 0 Å². The second-order valence-corrected chi connectivity index (χ2v) is 7.93. The molecule has 2 N–H and O–H groups in total. The molecule has 1 aliphatic heterocycles. The molecule has 2 aromatic carbocycles. The number of hydrogen-bond donors (Lipinski definition) is 2. The van der Waals surface area contributed by atoms with Crippen LogP contribution >= 0.6 is 12.2 Å². The monoisotopic (exact) mass is 455 g/mol. The van der Waals surface area contributed by atoms with Crippen molar-refractivity contribution >= 4 is 34.8 Å². The molecule has 0 radical (unpaired) electrons. The van der Waals surface area contributed by atoms with E-state index in [1.54, 1.807) is 43.5 Å². The normalized spacial score (nSPS) is 13.7. The lowest BCUT2D eigenvalue weighted by Gasteiger charge is -2.22. The molecule has 1 aliphatic rings. The van der Waals surface area contributed by atoms with Crippen LogP contribution in [0.15, 0.2) is 48.5 Å². The van der Waals surface area contributed by atoms with Crippen LogP contribution < -0.4 is 15.4 Å². The molecule has 1 heterocycles. The maximum Gasteiger partial charge on any atom is 0.257 e. The molecule has 0 spiro atoms. The Labute approximate surface area is 194 Å². The number of para-hydroxylation sites is 1. The first-order valence-electron chi connectivity index (χ1n) is 10.8. The second-order valence-electron chi connectivity index (χ2n) is 7.53. The third-order valence-corrected chi connectivity index (χ3v) is 5.40. The van der Waals surface area contributed by atoms with Crippen molar-refractivity contribution in [3.63, 3.8) is 0 Å². The SMILES string of the molecule is COCCOc1ccc(C(=O)NC(=S)Nc2ccccc2C(=O)N2CCCCCC2)cc1. The standard InChI is InChI=1S/C24H29N3O4S/c1-30-16-17-31-19-12-10-18(11-13-19)22(28)26-24(32)25-21-9-5-4-8-20(21)23(29)27-14-6-2-3-7-15-27/h4-5,8-13H,2-3,6-7,14-17H2,1H3,(H2,25,26,28,32). The maximum atomic E-state index is 13.1. The summed E-state index contributed by atoms with van der Waals surface area (Å²) in [6.07, 6.45) is 4.35. The van der Waals surface area contributed by atoms with Crippen LogP contribution in [0.4, 0.5) is 5.69 Å². The lowest BCUT2D eigenvalue weighted by molar-refractivity contribution is 0.0762. The molecule has 0 bridgehead atoms. The van der Waals surface area contributed by atoms with Gasteiger partial charge in [0.15, 0.2) is 5.11 Å². The maximum absolute atomic E-state index is 13.1. The number of thiocarbonyl (C=S) groups is 1. The molecule has 1 saturated heterocycles. The van der Waals surface area contributed by atoms with Crippen LogP contribution in [-0.2, 0) is 4.74 Å². The van der Waals surface area contributed by atoms with Crippen LogP contribution in [0.2, 0.25) is 0 Å². The minimum atomic E-state index is -0.345. The summed E-state index contributed by atoms with van der Waals surface area (Å²) >= 11 is 5.33. The van der Waals surface area contributed by atoms with Crippen molar-refractivity contribution in [2.75, 3.05) is 38.7 Å². The smallest absolute Gasteiger partial charge is 0.257 e. The molecule has 3 rings (SSSR count). The highest BCUT2D eigenvalue weighted by atomic mass is 32.1. The van der Waals surface area contributed by atoms with E-state index >= 15 is 0 Å². The van der Waals surface area contributed by atoms with Crippen molar-refractivity contribution < 1.29 is 19.1 Å². The summed E-state index contributed by atoms with van der Waals surface area (Å²) in [5, 5.41) is 5.80. The van der Waals surface area contributed by atoms with Crippen molar-refractivity contribution in [3.05, 3.63) is 59.7 Å². The zero-order valence-electron chi connectivity index (χ0n) is 18.3. The highest BCUT2D eigenvalue weighted by Crippen LogP contribution is 2.20. The molecule has 1 fully saturated rings. The summed E-state index contributed by atoms with van der Waals surface area (Å²) in [6, 6.07) is 14.0. The number of anilines is 1. The molecular weight excluding hydrogens is 426 g/mol. The fourth-order valence-electron chi connectivity index (χ4n) is 3.50. The Morgan fingerprint density at radius 2 is 1.66 bits per heavy atom. The Morgan fingerprint density at radius 1 is 0.969 bits per heavy atom. The summed E-state index contributed by atoms with van der Waals surface area (Å²) in [5.41, 5.74) is 1.57. The molecule has 2 amide bonds. The van der Waals surface area contributed by atoms with E-state index < -0.39 is 0 Å². The van der Waals surface area contributed by atoms with Crippen LogP contribution in [0, 0.1) is 0 Å². The van der Waals surface area contributed by atoms with Crippen molar-refractivity contribution in [2.45, 2.75) is 25.7 Å². The Hall–Kier alpha value is -2.97. The summed E-state index contributed by atoms with van der Waals surface area (Å²) in [6.45, 7) is 2.45. The van der Waals surface area contributed by atoms with E-state index in [1.807, 2.05) is 17.0 Å². The largest absolute Gasteiger partial charge is 0.491 e. The Balaban J connectivity index is 1.60. The Morgan fingerprint density at radius 3 is 2.34 bits per heavy atom. The highest BCUT2D eigenvalue weighted by molar-refractivity contribution is 7.80. The minimum Gasteiger partial charge on any atom is -0.491 e. The number of likely N-dealkylation sites (tertiary alicyclic amines) is 1. The number of carbonyl (C=O) groups excluding carboxylic acids is 2. The van der Waals surface area contributed by atoms with Gasteiger partial charge in [0, 0.05) is 25.8 Å². The van der Waals surface area contributed by atoms with Gasteiger partial charge in [0.05, 0.1) is 17.9 Å². The van der Waals surface area contributed by atoms with Gasteiger partial charge in [-0.3, -0.25) is 14.9 Å². The Kier molecular flexibility index (Phi) is 9.01. The van der Waals surface area contributed by atoms with E-state index in [2.05, 4.69) is 10.6 Å². The van der Waals surface area contributed by atoms with E-state index in [0.717, 1.165) is 38.8 Å². The molecule has 32 heavy (non-hydrogen) atoms. The number of carbonyl (C=O) groups is 2. The molecule has 0 aliphatic carbocycles. The number of rotatable bonds is 7. The fourth-order valence-corrected chi connectivity index (χ4v) is 3.70. The number of benzene rings is 2. The van der Waals surface area contributed by atoms with Crippen LogP contribution in [0.3, 0.4) is 0 Å². The molecular formula is C24H29N3O4S. The topological polar surface area (TPSA) is 79.9 Å². The molecule has 170 valence electrons. The predicted molar refractivity (Wildman–Crippen MR) is 128 cm³/mol. The van der Waals surface area contributed by atoms with Gasteiger partial charge in [0.1, 0.15) is 12.4 Å². The highest BCUT2D eigenvalue weighted by Gasteiger charge is 2.20. The third kappa shape index (κ3) is 6.77. The lowest BCUT2D eigenvalue weighted by atomic mass is 10.1. The fraction of sp³-hybridized carbons (Fsp3) is 0.375. The van der Waals surface area contributed by atoms with Gasteiger partial charge in [-0.1, -0.05) is 25.0 Å². The van der Waals surface area contributed by atoms with E-state index in [0.29, 0.717) is 35.8 Å². The first-order chi connectivity index (χ1) is 15.6. The average Bonchev–Trinajstić information content (AvgIpc) is 3.09. The second kappa shape index (κ2) is 12.2. The van der Waals surface area contributed by atoms with E-state index in [9.17, 15) is 9.59 Å². The van der Waals surface area contributed by atoms with Crippen molar-refractivity contribution in [1.82, 2.24) is 10.2 Å². The van der Waals surface area contributed by atoms with Gasteiger partial charge >= 0.3 is 0 Å². The number of nitrogens with zero attached hydrogens (tertiary/aromatic N) is 1. The quantitative estimate of drug-likeness (QED) is 0.488. The first kappa shape index (κ1) is 23.7. The third-order valence-electron chi connectivity index (χ3n) is 5.20. The van der Waals surface area contributed by atoms with Crippen molar-refractivity contribution in [1.29, 1.82) is 0 Å². The van der Waals surface area contributed by atoms with Gasteiger partial charge in [-0.05, 0) is 61.5 Å². The van der Waals surface area contributed by atoms with Gasteiger partial charge in [0.2, 0.25) is 0 Å². The van der Waals surface area contributed by atoms with Gasteiger partial charge in [-0.2, -0.15) is 0 Å². The van der Waals surface area contributed by atoms with Crippen LogP contribution in [0.5, 0.6) is 5.75 Å². The van der Waals surface area contributed by atoms with Crippen LogP contribution in [-0.4, -0.2) is 55.2 Å². The zero-order chi connectivity index (χ0) is 22.8. The summed E-state index contributed by atoms with van der Waals surface area (Å²) in [5.74, 6) is 0.288. The van der Waals surface area contributed by atoms with E-state index in [-0.39, 0.29) is 16.9 Å². The molecule has 2 aromatic rings. The zero-order valence-corrected chi connectivity index (χ0v) is 19.1. The summed E-state index contributed by atoms with van der Waals surface area (Å²) in [7, 11) is 1.61. The molecule has 0 aromatic heterocycles. The Bertz CT molecular complexity index is 925. The van der Waals surface area contributed by atoms with E-state index in [1.165, 1.54) is 0 Å². The number of nitrogens with one attached hydrogen (secondary N) is 2. The van der Waals surface area contributed by atoms with E-state index in [4.69, 9.17) is 21.7 Å². The number of amides is 2. The first-order valence-corrected chi connectivity index (χ1v) is 11.2. The summed E-state index contributed by atoms with van der Waals surface area (Å²) < 4.78 is 10.5. The van der Waals surface area contributed by atoms with Gasteiger partial charge in [-0.15, -0.1) is 0 Å².